The van der Waals surface area contributed by atoms with Crippen LogP contribution >= 0.6 is 0 Å². The molecule has 7 heteroatoms. The molecule has 0 aromatic carbocycles. The van der Waals surface area contributed by atoms with Gasteiger partial charge in [-0.05, 0) is 57.3 Å². The van der Waals surface area contributed by atoms with Crippen molar-refractivity contribution in [3.8, 4) is 0 Å². The van der Waals surface area contributed by atoms with Crippen LogP contribution in [-0.4, -0.2) is 59.1 Å². The average Bonchev–Trinajstić information content (AvgIpc) is 2.80. The third-order valence-corrected chi connectivity index (χ3v) is 7.95. The molecule has 1 amide bonds. The molecular formula is C25H42N2O5. The molecule has 3 fully saturated rings. The number of carboxylic acid groups (broad SMARTS) is 1. The zero-order chi connectivity index (χ0) is 23.1. The standard InChI is InChI=1S/C25H42N2O5/c1-3-32-25(31)21(14-13-18-9-5-4-6-10-18)26-17(2)23(28)27-16-20-12-8-7-11-19(20)15-22(27)24(29)30/h17-22,26H,3-16H2,1-2H3,(H,29,30)/t17-,19?,20?,21-,22-/m0/s1. The molecule has 7 nitrogen and oxygen atoms in total. The lowest BCUT2D eigenvalue weighted by Gasteiger charge is -2.45. The first-order chi connectivity index (χ1) is 15.4. The molecule has 32 heavy (non-hydrogen) atoms. The molecular weight excluding hydrogens is 408 g/mol. The maximum atomic E-state index is 13.4. The zero-order valence-electron chi connectivity index (χ0n) is 19.9. The van der Waals surface area contributed by atoms with Crippen LogP contribution in [0.25, 0.3) is 0 Å². The van der Waals surface area contributed by atoms with Crippen LogP contribution in [0.15, 0.2) is 0 Å². The fourth-order valence-electron chi connectivity index (χ4n) is 6.12. The molecule has 0 bridgehead atoms. The van der Waals surface area contributed by atoms with E-state index in [0.29, 0.717) is 43.7 Å². The quantitative estimate of drug-likeness (QED) is 0.520. The SMILES string of the molecule is CCOC(=O)[C@H](CCC1CCCCC1)N[C@@H](C)C(=O)N1CC2CCCCC2C[C@H]1C(=O)O. The molecule has 0 spiro atoms. The number of carbonyl (C=O) groups excluding carboxylic acids is 2. The van der Waals surface area contributed by atoms with E-state index in [1.54, 1.807) is 18.7 Å². The highest BCUT2D eigenvalue weighted by Crippen LogP contribution is 2.39. The summed E-state index contributed by atoms with van der Waals surface area (Å²) in [7, 11) is 0. The molecule has 182 valence electrons. The minimum atomic E-state index is -0.922. The normalized spacial score (nSPS) is 28.4. The first-order valence-electron chi connectivity index (χ1n) is 12.9. The van der Waals surface area contributed by atoms with Gasteiger partial charge in [-0.15, -0.1) is 0 Å². The maximum absolute atomic E-state index is 13.4. The third-order valence-electron chi connectivity index (χ3n) is 7.95. The van der Waals surface area contributed by atoms with E-state index in [1.165, 1.54) is 32.1 Å². The number of carboxylic acids is 1. The fourth-order valence-corrected chi connectivity index (χ4v) is 6.12. The Bertz CT molecular complexity index is 648. The molecule has 2 unspecified atom stereocenters. The Labute approximate surface area is 192 Å². The number of hydrogen-bond acceptors (Lipinski definition) is 5. The van der Waals surface area contributed by atoms with Gasteiger partial charge in [0.15, 0.2) is 0 Å². The van der Waals surface area contributed by atoms with Crippen molar-refractivity contribution in [2.24, 2.45) is 17.8 Å². The van der Waals surface area contributed by atoms with Gasteiger partial charge in [-0.3, -0.25) is 14.9 Å². The first kappa shape index (κ1) is 25.0. The summed E-state index contributed by atoms with van der Waals surface area (Å²) in [6.45, 7) is 4.36. The minimum absolute atomic E-state index is 0.214. The molecule has 5 atom stereocenters. The largest absolute Gasteiger partial charge is 0.480 e. The monoisotopic (exact) mass is 450 g/mol. The van der Waals surface area contributed by atoms with Gasteiger partial charge in [-0.1, -0.05) is 51.4 Å². The molecule has 2 saturated carbocycles. The van der Waals surface area contributed by atoms with Crippen molar-refractivity contribution in [2.45, 2.75) is 109 Å². The predicted octanol–water partition coefficient (Wildman–Crippen LogP) is 3.75. The zero-order valence-corrected chi connectivity index (χ0v) is 19.9. The van der Waals surface area contributed by atoms with Gasteiger partial charge >= 0.3 is 11.9 Å². The number of hydrogen-bond donors (Lipinski definition) is 2. The van der Waals surface area contributed by atoms with Gasteiger partial charge < -0.3 is 14.7 Å². The maximum Gasteiger partial charge on any atom is 0.326 e. The second-order valence-corrected chi connectivity index (χ2v) is 10.2. The van der Waals surface area contributed by atoms with E-state index in [1.807, 2.05) is 0 Å². The summed E-state index contributed by atoms with van der Waals surface area (Å²) in [4.78, 5) is 39.5. The fraction of sp³-hybridized carbons (Fsp3) is 0.880. The third kappa shape index (κ3) is 6.46. The van der Waals surface area contributed by atoms with Crippen LogP contribution in [0.4, 0.5) is 0 Å². The number of carbonyl (C=O) groups is 3. The Hall–Kier alpha value is -1.63. The van der Waals surface area contributed by atoms with Crippen LogP contribution < -0.4 is 5.32 Å². The number of fused-ring (bicyclic) bond motifs is 1. The van der Waals surface area contributed by atoms with E-state index >= 15 is 0 Å². The molecule has 0 radical (unpaired) electrons. The Balaban J connectivity index is 1.63. The van der Waals surface area contributed by atoms with Crippen molar-refractivity contribution in [1.29, 1.82) is 0 Å². The lowest BCUT2D eigenvalue weighted by Crippen LogP contribution is -2.59. The van der Waals surface area contributed by atoms with Crippen molar-refractivity contribution in [1.82, 2.24) is 10.2 Å². The number of aliphatic carboxylic acids is 1. The molecule has 2 N–H and O–H groups in total. The summed E-state index contributed by atoms with van der Waals surface area (Å²) in [5, 5.41) is 13.0. The van der Waals surface area contributed by atoms with Crippen molar-refractivity contribution in [3.63, 3.8) is 0 Å². The van der Waals surface area contributed by atoms with Crippen molar-refractivity contribution >= 4 is 17.8 Å². The highest BCUT2D eigenvalue weighted by atomic mass is 16.5. The van der Waals surface area contributed by atoms with Crippen LogP contribution in [0.3, 0.4) is 0 Å². The number of nitrogens with one attached hydrogen (secondary N) is 1. The smallest absolute Gasteiger partial charge is 0.326 e. The number of esters is 1. The molecule has 0 aromatic heterocycles. The van der Waals surface area contributed by atoms with Crippen LogP contribution in [0, 0.1) is 17.8 Å². The van der Waals surface area contributed by atoms with Crippen molar-refractivity contribution in [3.05, 3.63) is 0 Å². The highest BCUT2D eigenvalue weighted by molar-refractivity contribution is 5.87. The summed E-state index contributed by atoms with van der Waals surface area (Å²) in [5.74, 6) is -0.0243. The van der Waals surface area contributed by atoms with E-state index in [4.69, 9.17) is 4.74 Å². The van der Waals surface area contributed by atoms with Gasteiger partial charge in [0.05, 0.1) is 12.6 Å². The minimum Gasteiger partial charge on any atom is -0.480 e. The van der Waals surface area contributed by atoms with Gasteiger partial charge in [-0.25, -0.2) is 4.79 Å². The number of piperidine rings is 1. The van der Waals surface area contributed by atoms with E-state index < -0.39 is 24.1 Å². The van der Waals surface area contributed by atoms with E-state index in [9.17, 15) is 19.5 Å². The molecule has 0 aromatic rings. The summed E-state index contributed by atoms with van der Waals surface area (Å²) >= 11 is 0. The first-order valence-corrected chi connectivity index (χ1v) is 12.9. The molecule has 1 saturated heterocycles. The number of rotatable bonds is 9. The van der Waals surface area contributed by atoms with E-state index in [-0.39, 0.29) is 11.9 Å². The Morgan fingerprint density at radius 3 is 2.34 bits per heavy atom. The van der Waals surface area contributed by atoms with E-state index in [2.05, 4.69) is 5.32 Å². The number of amides is 1. The highest BCUT2D eigenvalue weighted by Gasteiger charge is 2.43. The molecule has 3 aliphatic rings. The summed E-state index contributed by atoms with van der Waals surface area (Å²) in [6, 6.07) is -1.93. The average molecular weight is 451 g/mol. The van der Waals surface area contributed by atoms with Crippen molar-refractivity contribution in [2.75, 3.05) is 13.2 Å². The van der Waals surface area contributed by atoms with Crippen molar-refractivity contribution < 1.29 is 24.2 Å². The Morgan fingerprint density at radius 1 is 1.03 bits per heavy atom. The van der Waals surface area contributed by atoms with Crippen LogP contribution in [-0.2, 0) is 19.1 Å². The number of ether oxygens (including phenoxy) is 1. The predicted molar refractivity (Wildman–Crippen MR) is 122 cm³/mol. The van der Waals surface area contributed by atoms with Gasteiger partial charge in [0.1, 0.15) is 12.1 Å². The molecule has 1 heterocycles. The topological polar surface area (TPSA) is 95.9 Å². The second-order valence-electron chi connectivity index (χ2n) is 10.2. The summed E-state index contributed by atoms with van der Waals surface area (Å²) in [5.41, 5.74) is 0. The number of nitrogens with zero attached hydrogens (tertiary/aromatic N) is 1. The Kier molecular flexibility index (Phi) is 9.38. The Morgan fingerprint density at radius 2 is 1.69 bits per heavy atom. The lowest BCUT2D eigenvalue weighted by molar-refractivity contribution is -0.157. The van der Waals surface area contributed by atoms with Crippen LogP contribution in [0.5, 0.6) is 0 Å². The van der Waals surface area contributed by atoms with Gasteiger partial charge in [0.25, 0.3) is 0 Å². The molecule has 3 rings (SSSR count). The van der Waals surface area contributed by atoms with Crippen LogP contribution in [0.1, 0.15) is 90.9 Å². The summed E-state index contributed by atoms with van der Waals surface area (Å²) in [6.07, 6.45) is 12.8. The van der Waals surface area contributed by atoms with Gasteiger partial charge in [0.2, 0.25) is 5.91 Å². The van der Waals surface area contributed by atoms with Gasteiger partial charge in [-0.2, -0.15) is 0 Å². The second kappa shape index (κ2) is 12.0. The van der Waals surface area contributed by atoms with E-state index in [0.717, 1.165) is 32.1 Å². The summed E-state index contributed by atoms with van der Waals surface area (Å²) < 4.78 is 5.28. The van der Waals surface area contributed by atoms with Crippen LogP contribution in [0.2, 0.25) is 0 Å². The van der Waals surface area contributed by atoms with Gasteiger partial charge in [0, 0.05) is 6.54 Å². The molecule has 2 aliphatic carbocycles. The number of likely N-dealkylation sites (tertiary alicyclic amines) is 1. The lowest BCUT2D eigenvalue weighted by atomic mass is 9.73. The molecule has 1 aliphatic heterocycles.